The molecule has 1 unspecified atom stereocenters. The molecule has 0 aromatic heterocycles. The minimum Gasteiger partial charge on any atom is -0.379 e. The van der Waals surface area contributed by atoms with Crippen LogP contribution >= 0.6 is 0 Å². The Bertz CT molecular complexity index is 486. The van der Waals surface area contributed by atoms with Crippen LogP contribution in [0.3, 0.4) is 0 Å². The van der Waals surface area contributed by atoms with Gasteiger partial charge in [-0.2, -0.15) is 0 Å². The topological polar surface area (TPSA) is 48.9 Å². The number of guanidine groups is 1. The summed E-state index contributed by atoms with van der Waals surface area (Å²) in [6, 6.07) is 11.0. The van der Waals surface area contributed by atoms with Gasteiger partial charge in [-0.05, 0) is 44.7 Å². The first-order valence-electron chi connectivity index (χ1n) is 9.59. The molecule has 1 aliphatic heterocycles. The lowest BCUT2D eigenvalue weighted by atomic mass is 10.1. The van der Waals surface area contributed by atoms with Crippen LogP contribution in [-0.2, 0) is 11.2 Å². The summed E-state index contributed by atoms with van der Waals surface area (Å²) < 4.78 is 5.38. The quantitative estimate of drug-likeness (QED) is 0.409. The van der Waals surface area contributed by atoms with Gasteiger partial charge in [0.05, 0.1) is 13.2 Å². The summed E-state index contributed by atoms with van der Waals surface area (Å²) in [5, 5.41) is 6.92. The van der Waals surface area contributed by atoms with E-state index in [2.05, 4.69) is 57.8 Å². The fourth-order valence-electron chi connectivity index (χ4n) is 3.02. The third kappa shape index (κ3) is 8.36. The minimum atomic E-state index is 0.403. The fourth-order valence-corrected chi connectivity index (χ4v) is 3.02. The lowest BCUT2D eigenvalue weighted by Crippen LogP contribution is -2.43. The zero-order chi connectivity index (χ0) is 17.7. The van der Waals surface area contributed by atoms with Crippen LogP contribution in [0.1, 0.15) is 31.7 Å². The molecule has 0 radical (unpaired) electrons. The standard InChI is InChI=1S/C20H34N4O/c1-18(10-11-19-8-4-3-5-9-19)23-20(21-2)22-12-6-7-13-24-14-16-25-17-15-24/h3-5,8-9,18H,6-7,10-17H2,1-2H3,(H2,21,22,23). The van der Waals surface area contributed by atoms with Gasteiger partial charge in [-0.25, -0.2) is 0 Å². The average molecular weight is 347 g/mol. The highest BCUT2D eigenvalue weighted by molar-refractivity contribution is 5.79. The molecule has 2 N–H and O–H groups in total. The van der Waals surface area contributed by atoms with Gasteiger partial charge in [-0.15, -0.1) is 0 Å². The van der Waals surface area contributed by atoms with Crippen molar-refractivity contribution in [1.29, 1.82) is 0 Å². The van der Waals surface area contributed by atoms with Gasteiger partial charge in [-0.3, -0.25) is 9.89 Å². The molecule has 1 aliphatic rings. The Morgan fingerprint density at radius 1 is 1.20 bits per heavy atom. The number of nitrogens with one attached hydrogen (secondary N) is 2. The van der Waals surface area contributed by atoms with Gasteiger partial charge in [0.15, 0.2) is 5.96 Å². The van der Waals surface area contributed by atoms with E-state index in [1.165, 1.54) is 18.5 Å². The number of morpholine rings is 1. The summed E-state index contributed by atoms with van der Waals surface area (Å²) in [5.74, 6) is 0.909. The van der Waals surface area contributed by atoms with Crippen LogP contribution in [0.5, 0.6) is 0 Å². The number of hydrogen-bond acceptors (Lipinski definition) is 3. The van der Waals surface area contributed by atoms with Gasteiger partial charge < -0.3 is 15.4 Å². The monoisotopic (exact) mass is 346 g/mol. The van der Waals surface area contributed by atoms with Crippen molar-refractivity contribution in [3.05, 3.63) is 35.9 Å². The molecule has 5 nitrogen and oxygen atoms in total. The predicted molar refractivity (Wildman–Crippen MR) is 105 cm³/mol. The number of hydrogen-bond donors (Lipinski definition) is 2. The van der Waals surface area contributed by atoms with E-state index in [1.807, 2.05) is 7.05 Å². The van der Waals surface area contributed by atoms with E-state index in [0.717, 1.165) is 58.1 Å². The summed E-state index contributed by atoms with van der Waals surface area (Å²) >= 11 is 0. The zero-order valence-electron chi connectivity index (χ0n) is 15.8. The number of unbranched alkanes of at least 4 members (excludes halogenated alkanes) is 1. The maximum Gasteiger partial charge on any atom is 0.191 e. The van der Waals surface area contributed by atoms with Crippen molar-refractivity contribution in [1.82, 2.24) is 15.5 Å². The molecule has 1 aromatic rings. The molecule has 2 rings (SSSR count). The number of aryl methyl sites for hydroxylation is 1. The molecule has 140 valence electrons. The first-order valence-corrected chi connectivity index (χ1v) is 9.59. The molecule has 1 saturated heterocycles. The number of benzene rings is 1. The van der Waals surface area contributed by atoms with Gasteiger partial charge in [0.1, 0.15) is 0 Å². The molecule has 1 aromatic carbocycles. The Morgan fingerprint density at radius 2 is 1.96 bits per heavy atom. The van der Waals surface area contributed by atoms with E-state index in [4.69, 9.17) is 4.74 Å². The lowest BCUT2D eigenvalue weighted by Gasteiger charge is -2.26. The largest absolute Gasteiger partial charge is 0.379 e. The number of aliphatic imine (C=N–C) groups is 1. The maximum atomic E-state index is 5.38. The lowest BCUT2D eigenvalue weighted by molar-refractivity contribution is 0.0372. The van der Waals surface area contributed by atoms with Gasteiger partial charge in [0.25, 0.3) is 0 Å². The Labute approximate surface area is 152 Å². The molecule has 25 heavy (non-hydrogen) atoms. The van der Waals surface area contributed by atoms with Crippen molar-refractivity contribution >= 4 is 5.96 Å². The Balaban J connectivity index is 1.55. The summed E-state index contributed by atoms with van der Waals surface area (Å²) in [5.41, 5.74) is 1.39. The summed E-state index contributed by atoms with van der Waals surface area (Å²) in [6.45, 7) is 8.28. The van der Waals surface area contributed by atoms with Gasteiger partial charge >= 0.3 is 0 Å². The van der Waals surface area contributed by atoms with Crippen molar-refractivity contribution in [3.8, 4) is 0 Å². The molecular formula is C20H34N4O. The van der Waals surface area contributed by atoms with Crippen molar-refractivity contribution in [2.75, 3.05) is 46.4 Å². The Kier molecular flexibility index (Phi) is 9.37. The minimum absolute atomic E-state index is 0.403. The Hall–Kier alpha value is -1.59. The molecule has 0 bridgehead atoms. The van der Waals surface area contributed by atoms with Crippen LogP contribution in [0, 0.1) is 0 Å². The molecule has 0 saturated carbocycles. The predicted octanol–water partition coefficient (Wildman–Crippen LogP) is 2.29. The highest BCUT2D eigenvalue weighted by Gasteiger charge is 2.09. The molecule has 1 heterocycles. The SMILES string of the molecule is CN=C(NCCCCN1CCOCC1)NC(C)CCc1ccccc1. The van der Waals surface area contributed by atoms with Gasteiger partial charge in [0, 0.05) is 32.7 Å². The van der Waals surface area contributed by atoms with Crippen LogP contribution < -0.4 is 10.6 Å². The smallest absolute Gasteiger partial charge is 0.191 e. The van der Waals surface area contributed by atoms with Crippen LogP contribution in [0.15, 0.2) is 35.3 Å². The van der Waals surface area contributed by atoms with Gasteiger partial charge in [-0.1, -0.05) is 30.3 Å². The maximum absolute atomic E-state index is 5.38. The van der Waals surface area contributed by atoms with E-state index in [0.29, 0.717) is 6.04 Å². The van der Waals surface area contributed by atoms with Crippen LogP contribution in [-0.4, -0.2) is 63.3 Å². The second-order valence-corrected chi connectivity index (χ2v) is 6.73. The third-order valence-electron chi connectivity index (χ3n) is 4.61. The normalized spacial score (nSPS) is 17.3. The van der Waals surface area contributed by atoms with Gasteiger partial charge in [0.2, 0.25) is 0 Å². The number of nitrogens with zero attached hydrogens (tertiary/aromatic N) is 2. The summed E-state index contributed by atoms with van der Waals surface area (Å²) in [6.07, 6.45) is 4.57. The molecule has 0 spiro atoms. The summed E-state index contributed by atoms with van der Waals surface area (Å²) in [7, 11) is 1.84. The highest BCUT2D eigenvalue weighted by atomic mass is 16.5. The van der Waals surface area contributed by atoms with Crippen molar-refractivity contribution in [2.45, 2.75) is 38.6 Å². The molecule has 1 fully saturated rings. The first-order chi connectivity index (χ1) is 12.3. The number of rotatable bonds is 9. The third-order valence-corrected chi connectivity index (χ3v) is 4.61. The zero-order valence-corrected chi connectivity index (χ0v) is 15.8. The summed E-state index contributed by atoms with van der Waals surface area (Å²) in [4.78, 5) is 6.83. The Morgan fingerprint density at radius 3 is 2.68 bits per heavy atom. The molecule has 0 amide bonds. The van der Waals surface area contributed by atoms with Crippen LogP contribution in [0.2, 0.25) is 0 Å². The molecule has 0 aliphatic carbocycles. The second-order valence-electron chi connectivity index (χ2n) is 6.73. The van der Waals surface area contributed by atoms with E-state index in [1.54, 1.807) is 0 Å². The highest BCUT2D eigenvalue weighted by Crippen LogP contribution is 2.04. The van der Waals surface area contributed by atoms with Crippen molar-refractivity contribution in [3.63, 3.8) is 0 Å². The first kappa shape index (κ1) is 19.7. The van der Waals surface area contributed by atoms with Crippen molar-refractivity contribution in [2.24, 2.45) is 4.99 Å². The van der Waals surface area contributed by atoms with E-state index in [-0.39, 0.29) is 0 Å². The fraction of sp³-hybridized carbons (Fsp3) is 0.650. The van der Waals surface area contributed by atoms with E-state index >= 15 is 0 Å². The second kappa shape index (κ2) is 11.9. The van der Waals surface area contributed by atoms with Crippen LogP contribution in [0.4, 0.5) is 0 Å². The molecule has 5 heteroatoms. The number of ether oxygens (including phenoxy) is 1. The average Bonchev–Trinajstić information content (AvgIpc) is 2.67. The molecule has 1 atom stereocenters. The molecular weight excluding hydrogens is 312 g/mol. The van der Waals surface area contributed by atoms with E-state index < -0.39 is 0 Å². The van der Waals surface area contributed by atoms with Crippen molar-refractivity contribution < 1.29 is 4.74 Å². The van der Waals surface area contributed by atoms with E-state index in [9.17, 15) is 0 Å². The van der Waals surface area contributed by atoms with Crippen LogP contribution in [0.25, 0.3) is 0 Å².